The zero-order valence-electron chi connectivity index (χ0n) is 7.80. The van der Waals surface area contributed by atoms with Crippen molar-refractivity contribution in [3.8, 4) is 0 Å². The summed E-state index contributed by atoms with van der Waals surface area (Å²) in [6.45, 7) is -0.0665. The number of amides is 1. The van der Waals surface area contributed by atoms with E-state index < -0.39 is 0 Å². The quantitative estimate of drug-likeness (QED) is 0.571. The van der Waals surface area contributed by atoms with Crippen molar-refractivity contribution in [1.82, 2.24) is 19.7 Å². The minimum Gasteiger partial charge on any atom is -0.395 e. The lowest BCUT2D eigenvalue weighted by atomic mass is 10.5. The molecule has 0 aliphatic rings. The first kappa shape index (κ1) is 10.5. The first-order chi connectivity index (χ1) is 6.65. The molecule has 0 saturated carbocycles. The van der Waals surface area contributed by atoms with Crippen molar-refractivity contribution in [3.63, 3.8) is 0 Å². The number of hydrogen-bond acceptors (Lipinski definition) is 4. The van der Waals surface area contributed by atoms with Gasteiger partial charge in [-0.15, -0.1) is 0 Å². The zero-order chi connectivity index (χ0) is 10.6. The van der Waals surface area contributed by atoms with Crippen LogP contribution in [0.15, 0.2) is 11.1 Å². The van der Waals surface area contributed by atoms with Gasteiger partial charge in [0, 0.05) is 13.6 Å². The summed E-state index contributed by atoms with van der Waals surface area (Å²) in [5.74, 6) is -0.347. The molecule has 7 nitrogen and oxygen atoms in total. The summed E-state index contributed by atoms with van der Waals surface area (Å²) in [6, 6.07) is 0. The van der Waals surface area contributed by atoms with Crippen LogP contribution in [0.3, 0.4) is 0 Å². The van der Waals surface area contributed by atoms with Gasteiger partial charge in [-0.2, -0.15) is 5.10 Å². The fraction of sp³-hybridized carbons (Fsp3) is 0.571. The summed E-state index contributed by atoms with van der Waals surface area (Å²) in [7, 11) is 1.55. The summed E-state index contributed by atoms with van der Waals surface area (Å²) >= 11 is 0. The Labute approximate surface area is 80.0 Å². The van der Waals surface area contributed by atoms with Crippen molar-refractivity contribution < 1.29 is 9.90 Å². The van der Waals surface area contributed by atoms with Crippen LogP contribution >= 0.6 is 0 Å². The lowest BCUT2D eigenvalue weighted by Crippen LogP contribution is -2.34. The topological polar surface area (TPSA) is 89.2 Å². The monoisotopic (exact) mass is 200 g/mol. The van der Waals surface area contributed by atoms with Crippen molar-refractivity contribution in [3.05, 3.63) is 16.8 Å². The SMILES string of the molecule is Cn1cnn(CC(=O)NCCO)c1=O. The predicted octanol–water partition coefficient (Wildman–Crippen LogP) is -2.31. The largest absolute Gasteiger partial charge is 0.395 e. The van der Waals surface area contributed by atoms with Crippen molar-refractivity contribution in [2.24, 2.45) is 7.05 Å². The van der Waals surface area contributed by atoms with E-state index >= 15 is 0 Å². The van der Waals surface area contributed by atoms with Gasteiger partial charge in [-0.05, 0) is 0 Å². The molecule has 0 fully saturated rings. The van der Waals surface area contributed by atoms with Gasteiger partial charge in [-0.25, -0.2) is 9.48 Å². The van der Waals surface area contributed by atoms with E-state index in [1.54, 1.807) is 7.05 Å². The average molecular weight is 200 g/mol. The van der Waals surface area contributed by atoms with E-state index in [0.29, 0.717) is 0 Å². The Morgan fingerprint density at radius 3 is 2.93 bits per heavy atom. The standard InChI is InChI=1S/C7H12N4O3/c1-10-5-9-11(7(10)14)4-6(13)8-2-3-12/h5,12H,2-4H2,1H3,(H,8,13). The van der Waals surface area contributed by atoms with Crippen LogP contribution in [0.25, 0.3) is 0 Å². The summed E-state index contributed by atoms with van der Waals surface area (Å²) < 4.78 is 2.33. The minimum absolute atomic E-state index is 0.122. The Balaban J connectivity index is 2.56. The maximum absolute atomic E-state index is 11.2. The fourth-order valence-electron chi connectivity index (χ4n) is 0.916. The molecule has 0 bridgehead atoms. The normalized spacial score (nSPS) is 10.1. The molecule has 1 aromatic heterocycles. The van der Waals surface area contributed by atoms with E-state index in [1.807, 2.05) is 0 Å². The van der Waals surface area contributed by atoms with Crippen molar-refractivity contribution in [2.45, 2.75) is 6.54 Å². The van der Waals surface area contributed by atoms with E-state index in [-0.39, 0.29) is 31.3 Å². The molecule has 0 radical (unpaired) electrons. The van der Waals surface area contributed by atoms with Crippen molar-refractivity contribution in [1.29, 1.82) is 0 Å². The van der Waals surface area contributed by atoms with Gasteiger partial charge >= 0.3 is 5.69 Å². The lowest BCUT2D eigenvalue weighted by molar-refractivity contribution is -0.122. The Morgan fingerprint density at radius 1 is 1.71 bits per heavy atom. The smallest absolute Gasteiger partial charge is 0.345 e. The molecular formula is C7H12N4O3. The van der Waals surface area contributed by atoms with Crippen LogP contribution in [-0.4, -0.2) is 38.5 Å². The van der Waals surface area contributed by atoms with E-state index in [2.05, 4.69) is 10.4 Å². The Morgan fingerprint density at radius 2 is 2.43 bits per heavy atom. The molecule has 0 atom stereocenters. The number of carbonyl (C=O) groups excluding carboxylic acids is 1. The number of aliphatic hydroxyl groups excluding tert-OH is 1. The van der Waals surface area contributed by atoms with Crippen LogP contribution in [0.1, 0.15) is 0 Å². The summed E-state index contributed by atoms with van der Waals surface area (Å²) in [5, 5.41) is 14.6. The number of aromatic nitrogens is 3. The molecule has 0 spiro atoms. The van der Waals surface area contributed by atoms with Gasteiger partial charge in [0.05, 0.1) is 6.61 Å². The molecule has 0 unspecified atom stereocenters. The highest BCUT2D eigenvalue weighted by atomic mass is 16.3. The number of aliphatic hydroxyl groups is 1. The number of nitrogens with zero attached hydrogens (tertiary/aromatic N) is 3. The number of nitrogens with one attached hydrogen (secondary N) is 1. The molecule has 1 amide bonds. The molecule has 0 aliphatic heterocycles. The second-order valence-corrected chi connectivity index (χ2v) is 2.76. The van der Waals surface area contributed by atoms with E-state index in [1.165, 1.54) is 10.9 Å². The van der Waals surface area contributed by atoms with Crippen LogP contribution in [0.2, 0.25) is 0 Å². The van der Waals surface area contributed by atoms with Gasteiger partial charge < -0.3 is 10.4 Å². The van der Waals surface area contributed by atoms with Gasteiger partial charge in [-0.1, -0.05) is 0 Å². The first-order valence-corrected chi connectivity index (χ1v) is 4.11. The number of aryl methyl sites for hydroxylation is 1. The molecule has 1 rings (SSSR count). The molecule has 7 heteroatoms. The zero-order valence-corrected chi connectivity index (χ0v) is 7.80. The summed E-state index contributed by atoms with van der Waals surface area (Å²) in [5.41, 5.74) is -0.343. The van der Waals surface area contributed by atoms with Crippen LogP contribution in [0, 0.1) is 0 Å². The second kappa shape index (κ2) is 4.56. The molecular weight excluding hydrogens is 188 g/mol. The molecule has 1 aromatic rings. The minimum atomic E-state index is -0.347. The Bertz CT molecular complexity index is 367. The van der Waals surface area contributed by atoms with E-state index in [0.717, 1.165) is 4.68 Å². The number of hydrogen-bond donors (Lipinski definition) is 2. The molecule has 14 heavy (non-hydrogen) atoms. The average Bonchev–Trinajstić information content (AvgIpc) is 2.46. The van der Waals surface area contributed by atoms with Gasteiger partial charge in [0.1, 0.15) is 12.9 Å². The highest BCUT2D eigenvalue weighted by molar-refractivity contribution is 5.75. The summed E-state index contributed by atoms with van der Waals surface area (Å²) in [6.07, 6.45) is 1.33. The Kier molecular flexibility index (Phi) is 3.41. The van der Waals surface area contributed by atoms with Gasteiger partial charge in [0.2, 0.25) is 5.91 Å². The van der Waals surface area contributed by atoms with Crippen molar-refractivity contribution >= 4 is 5.91 Å². The van der Waals surface area contributed by atoms with Crippen molar-refractivity contribution in [2.75, 3.05) is 13.2 Å². The number of rotatable bonds is 4. The molecule has 78 valence electrons. The lowest BCUT2D eigenvalue weighted by Gasteiger charge is -2.01. The first-order valence-electron chi connectivity index (χ1n) is 4.11. The number of carbonyl (C=O) groups is 1. The maximum atomic E-state index is 11.2. The van der Waals surface area contributed by atoms with Gasteiger partial charge in [0.15, 0.2) is 0 Å². The van der Waals surface area contributed by atoms with Gasteiger partial charge in [-0.3, -0.25) is 9.36 Å². The third kappa shape index (κ3) is 2.43. The van der Waals surface area contributed by atoms with Crippen LogP contribution in [0.5, 0.6) is 0 Å². The highest BCUT2D eigenvalue weighted by Crippen LogP contribution is 1.76. The Hall–Kier alpha value is -1.63. The van der Waals surface area contributed by atoms with Crippen LogP contribution in [-0.2, 0) is 18.4 Å². The van der Waals surface area contributed by atoms with Crippen LogP contribution < -0.4 is 11.0 Å². The predicted molar refractivity (Wildman–Crippen MR) is 47.6 cm³/mol. The third-order valence-corrected chi connectivity index (χ3v) is 1.61. The molecule has 0 aliphatic carbocycles. The molecule has 1 heterocycles. The van der Waals surface area contributed by atoms with E-state index in [4.69, 9.17) is 5.11 Å². The van der Waals surface area contributed by atoms with Gasteiger partial charge in [0.25, 0.3) is 0 Å². The third-order valence-electron chi connectivity index (χ3n) is 1.61. The van der Waals surface area contributed by atoms with Crippen LogP contribution in [0.4, 0.5) is 0 Å². The summed E-state index contributed by atoms with van der Waals surface area (Å²) in [4.78, 5) is 22.3. The molecule has 0 aromatic carbocycles. The molecule has 2 N–H and O–H groups in total. The highest BCUT2D eigenvalue weighted by Gasteiger charge is 2.06. The maximum Gasteiger partial charge on any atom is 0.345 e. The van der Waals surface area contributed by atoms with E-state index in [9.17, 15) is 9.59 Å². The molecule has 0 saturated heterocycles. The fourth-order valence-corrected chi connectivity index (χ4v) is 0.916. The second-order valence-electron chi connectivity index (χ2n) is 2.76.